The molecule has 16 N–H and O–H groups in total. The van der Waals surface area contributed by atoms with Gasteiger partial charge in [0.25, 0.3) is 0 Å². The minimum absolute atomic E-state index is 0.782. The number of aliphatic hydroxyl groups excluding tert-OH is 14. The molecular formula is C34H60N2O24. The number of hydrogen-bond acceptors (Lipinski definition) is 24. The van der Waals surface area contributed by atoms with Crippen molar-refractivity contribution in [3.63, 3.8) is 0 Å². The number of ether oxygens (including phenoxy) is 8. The van der Waals surface area contributed by atoms with E-state index < -0.39 is 185 Å². The smallest absolute Gasteiger partial charge is 0.217 e. The molecule has 4 fully saturated rings. The van der Waals surface area contributed by atoms with Gasteiger partial charge in [-0.15, -0.1) is 0 Å². The average molecular weight is 881 g/mol. The molecule has 60 heavy (non-hydrogen) atoms. The van der Waals surface area contributed by atoms with Gasteiger partial charge in [-0.25, -0.2) is 0 Å². The summed E-state index contributed by atoms with van der Waals surface area (Å²) in [5.74, 6) is -1.61. The van der Waals surface area contributed by atoms with Crippen LogP contribution in [0.4, 0.5) is 0 Å². The van der Waals surface area contributed by atoms with E-state index in [1.165, 1.54) is 13.8 Å². The van der Waals surface area contributed by atoms with Crippen LogP contribution in [0.5, 0.6) is 0 Å². The standard InChI is InChI=1S/C34H60N2O24/c1-9-18(43)22(47)25(50)32(54-9)53-8-14(42)29(28(13(5-37)35-11(3)40)58-33-26(51)23(48)19(44)10(2)55-33)59-31-17(36-12(4)41)21(46)30(16(7-39)57-31)60-34-27(52)24(49)20(45)15(6-38)56-34/h9-10,13-34,37-39,42-52H,5-8H2,1-4H3,(H,35,40)(H,36,41)/t9-,10-,13-,14+,15+,16+,17+,18+,19+,20+,21+,22+,23+,24-,25-,26-,27-,28+,29+,30+,31-,32+,33-,34-/m0/s1. The van der Waals surface area contributed by atoms with Gasteiger partial charge in [0, 0.05) is 13.8 Å². The van der Waals surface area contributed by atoms with Crippen LogP contribution in [0.25, 0.3) is 0 Å². The second kappa shape index (κ2) is 22.1. The van der Waals surface area contributed by atoms with Crippen molar-refractivity contribution in [2.24, 2.45) is 0 Å². The van der Waals surface area contributed by atoms with Crippen LogP contribution in [0.15, 0.2) is 0 Å². The number of rotatable bonds is 17. The van der Waals surface area contributed by atoms with E-state index in [0.717, 1.165) is 13.8 Å². The van der Waals surface area contributed by atoms with Crippen molar-refractivity contribution >= 4 is 11.8 Å². The van der Waals surface area contributed by atoms with E-state index in [0.29, 0.717) is 0 Å². The molecule has 0 spiro atoms. The normalized spacial score (nSPS) is 44.6. The molecule has 2 amide bonds. The maximum Gasteiger partial charge on any atom is 0.217 e. The zero-order valence-electron chi connectivity index (χ0n) is 33.0. The van der Waals surface area contributed by atoms with Crippen LogP contribution < -0.4 is 10.6 Å². The zero-order valence-corrected chi connectivity index (χ0v) is 33.0. The lowest BCUT2D eigenvalue weighted by Crippen LogP contribution is -2.69. The third-order valence-corrected chi connectivity index (χ3v) is 10.7. The first-order chi connectivity index (χ1) is 28.2. The Labute approximate surface area is 342 Å². The van der Waals surface area contributed by atoms with Crippen molar-refractivity contribution in [1.29, 1.82) is 0 Å². The number of amides is 2. The Hall–Kier alpha value is -1.94. The van der Waals surface area contributed by atoms with Crippen LogP contribution in [0.3, 0.4) is 0 Å². The van der Waals surface area contributed by atoms with Crippen molar-refractivity contribution < 1.29 is 119 Å². The number of carbonyl (C=O) groups is 2. The Morgan fingerprint density at radius 3 is 1.62 bits per heavy atom. The average Bonchev–Trinajstić information content (AvgIpc) is 3.20. The minimum atomic E-state index is -2.09. The third kappa shape index (κ3) is 11.6. The molecule has 0 unspecified atom stereocenters. The first-order valence-electron chi connectivity index (χ1n) is 19.2. The quantitative estimate of drug-likeness (QED) is 0.0645. The van der Waals surface area contributed by atoms with Crippen LogP contribution in [-0.4, -0.2) is 257 Å². The topological polar surface area (TPSA) is 415 Å². The van der Waals surface area contributed by atoms with E-state index in [2.05, 4.69) is 10.6 Å². The van der Waals surface area contributed by atoms with Crippen LogP contribution in [0.2, 0.25) is 0 Å². The van der Waals surface area contributed by atoms with Gasteiger partial charge in [-0.05, 0) is 13.8 Å². The lowest BCUT2D eigenvalue weighted by atomic mass is 9.94. The fraction of sp³-hybridized carbons (Fsp3) is 0.941. The van der Waals surface area contributed by atoms with E-state index in [1.807, 2.05) is 0 Å². The monoisotopic (exact) mass is 880 g/mol. The van der Waals surface area contributed by atoms with E-state index in [-0.39, 0.29) is 0 Å². The predicted octanol–water partition coefficient (Wildman–Crippen LogP) is -9.95. The maximum absolute atomic E-state index is 12.5. The van der Waals surface area contributed by atoms with Gasteiger partial charge in [-0.1, -0.05) is 0 Å². The SMILES string of the molecule is CC(=O)N[C@H]1[C@H](O[C@@H]([C@H](O[C@@H]2O[C@@H](C)[C@@H](O)[C@@H](O)[C@@H]2O)[C@H](CO)NC(C)=O)[C@H](O)CO[C@@H]2O[C@@H](C)[C@@H](O)[C@@H](O)[C@@H]2O)O[C@H](CO)[C@@H](O[C@@H]2O[C@H](CO)[C@@H](O)[C@H](O)[C@@H]2O)[C@@H]1O. The molecule has 4 heterocycles. The molecule has 0 aromatic carbocycles. The molecule has 350 valence electrons. The molecule has 0 aliphatic carbocycles. The van der Waals surface area contributed by atoms with Gasteiger partial charge in [-0.2, -0.15) is 0 Å². The molecule has 24 atom stereocenters. The summed E-state index contributed by atoms with van der Waals surface area (Å²) < 4.78 is 45.8. The summed E-state index contributed by atoms with van der Waals surface area (Å²) in [5.41, 5.74) is 0. The number of nitrogens with one attached hydrogen (secondary N) is 2. The van der Waals surface area contributed by atoms with Crippen molar-refractivity contribution in [2.45, 2.75) is 175 Å². The lowest BCUT2D eigenvalue weighted by molar-refractivity contribution is -0.361. The fourth-order valence-electron chi connectivity index (χ4n) is 7.23. The predicted molar refractivity (Wildman–Crippen MR) is 189 cm³/mol. The van der Waals surface area contributed by atoms with Crippen molar-refractivity contribution in [3.05, 3.63) is 0 Å². The molecule has 4 saturated heterocycles. The van der Waals surface area contributed by atoms with Gasteiger partial charge in [-0.3, -0.25) is 9.59 Å². The number of hydrogen-bond donors (Lipinski definition) is 16. The van der Waals surface area contributed by atoms with Gasteiger partial charge in [0.15, 0.2) is 25.2 Å². The van der Waals surface area contributed by atoms with Crippen LogP contribution in [-0.2, 0) is 47.5 Å². The molecule has 4 aliphatic rings. The molecule has 0 aromatic rings. The summed E-state index contributed by atoms with van der Waals surface area (Å²) in [6.07, 6.45) is -39.1. The van der Waals surface area contributed by atoms with Gasteiger partial charge in [0.05, 0.1) is 44.7 Å². The highest BCUT2D eigenvalue weighted by molar-refractivity contribution is 5.73. The first-order valence-corrected chi connectivity index (χ1v) is 19.2. The summed E-state index contributed by atoms with van der Waals surface area (Å²) in [7, 11) is 0. The molecule has 0 bridgehead atoms. The third-order valence-electron chi connectivity index (χ3n) is 10.7. The van der Waals surface area contributed by atoms with E-state index in [4.69, 9.17) is 37.9 Å². The van der Waals surface area contributed by atoms with Crippen molar-refractivity contribution in [2.75, 3.05) is 26.4 Å². The maximum atomic E-state index is 12.5. The summed E-state index contributed by atoms with van der Waals surface area (Å²) >= 11 is 0. The summed E-state index contributed by atoms with van der Waals surface area (Å²) in [4.78, 5) is 24.9. The van der Waals surface area contributed by atoms with E-state index >= 15 is 0 Å². The number of carbonyl (C=O) groups excluding carboxylic acids is 2. The van der Waals surface area contributed by atoms with Gasteiger partial charge < -0.3 is 120 Å². The molecule has 26 heteroatoms. The van der Waals surface area contributed by atoms with Crippen LogP contribution in [0, 0.1) is 0 Å². The Bertz CT molecular complexity index is 1360. The van der Waals surface area contributed by atoms with Gasteiger partial charge in [0.2, 0.25) is 11.8 Å². The molecule has 0 saturated carbocycles. The highest BCUT2D eigenvalue weighted by Crippen LogP contribution is 2.33. The Morgan fingerprint density at radius 1 is 0.583 bits per heavy atom. The molecule has 0 aromatic heterocycles. The van der Waals surface area contributed by atoms with Crippen molar-refractivity contribution in [1.82, 2.24) is 10.6 Å². The van der Waals surface area contributed by atoms with Gasteiger partial charge in [0.1, 0.15) is 104 Å². The summed E-state index contributed by atoms with van der Waals surface area (Å²) in [6.45, 7) is 0.948. The second-order valence-corrected chi connectivity index (χ2v) is 15.2. The summed E-state index contributed by atoms with van der Waals surface area (Å²) in [5, 5.41) is 153. The highest BCUT2D eigenvalue weighted by Gasteiger charge is 2.54. The van der Waals surface area contributed by atoms with E-state index in [9.17, 15) is 81.1 Å². The van der Waals surface area contributed by atoms with E-state index in [1.54, 1.807) is 0 Å². The lowest BCUT2D eigenvalue weighted by Gasteiger charge is -2.49. The zero-order chi connectivity index (χ0) is 44.9. The Balaban J connectivity index is 1.74. The number of aliphatic hydroxyl groups is 14. The molecule has 4 rings (SSSR count). The molecular weight excluding hydrogens is 820 g/mol. The first kappa shape index (κ1) is 50.7. The Morgan fingerprint density at radius 2 is 1.08 bits per heavy atom. The highest BCUT2D eigenvalue weighted by atomic mass is 16.8. The largest absolute Gasteiger partial charge is 0.394 e. The van der Waals surface area contributed by atoms with Crippen molar-refractivity contribution in [3.8, 4) is 0 Å². The minimum Gasteiger partial charge on any atom is -0.394 e. The summed E-state index contributed by atoms with van der Waals surface area (Å²) in [6, 6.07) is -3.38. The van der Waals surface area contributed by atoms with Crippen LogP contribution in [0.1, 0.15) is 27.7 Å². The Kier molecular flexibility index (Phi) is 18.7. The fourth-order valence-corrected chi connectivity index (χ4v) is 7.23. The second-order valence-electron chi connectivity index (χ2n) is 15.2. The van der Waals surface area contributed by atoms with Gasteiger partial charge >= 0.3 is 0 Å². The molecule has 26 nitrogen and oxygen atoms in total. The van der Waals surface area contributed by atoms with Crippen LogP contribution >= 0.6 is 0 Å². The molecule has 4 aliphatic heterocycles. The molecule has 0 radical (unpaired) electrons.